The Bertz CT molecular complexity index is 1560. The second-order valence-corrected chi connectivity index (χ2v) is 9.10. The van der Waals surface area contributed by atoms with Crippen molar-refractivity contribution >= 4 is 5.82 Å². The number of benzene rings is 3. The summed E-state index contributed by atoms with van der Waals surface area (Å²) in [6.45, 7) is 0.772. The number of nitrogens with two attached hydrogens (primary N) is 1. The van der Waals surface area contributed by atoms with Crippen LogP contribution in [0.5, 0.6) is 5.75 Å². The standard InChI is InChI=1S/C29H27N7O/c1-37-22-10-5-9-21(15-22)28-34-29(36-35-28)26-27(30)32-17-25(33-26)20-8-4-6-18(14-20)16-31-24-13-12-19-7-2-3-11-23(19)24/h2-11,14-15,17,24,31H,12-13,16H2,1H3,(H2,30,32)(H,34,35,36). The largest absolute Gasteiger partial charge is 0.497 e. The molecule has 184 valence electrons. The third kappa shape index (κ3) is 4.66. The smallest absolute Gasteiger partial charge is 0.181 e. The van der Waals surface area contributed by atoms with Crippen molar-refractivity contribution in [3.63, 3.8) is 0 Å². The summed E-state index contributed by atoms with van der Waals surface area (Å²) in [6, 6.07) is 25.0. The fourth-order valence-electron chi connectivity index (χ4n) is 4.82. The van der Waals surface area contributed by atoms with Crippen molar-refractivity contribution in [2.45, 2.75) is 25.4 Å². The fraction of sp³-hybridized carbons (Fsp3) is 0.172. The zero-order chi connectivity index (χ0) is 25.2. The Morgan fingerprint density at radius 2 is 1.86 bits per heavy atom. The highest BCUT2D eigenvalue weighted by Gasteiger charge is 2.21. The molecule has 3 aromatic carbocycles. The molecule has 0 aliphatic heterocycles. The minimum atomic E-state index is 0.287. The highest BCUT2D eigenvalue weighted by molar-refractivity contribution is 5.70. The predicted octanol–water partition coefficient (Wildman–Crippen LogP) is 4.96. The molecule has 0 fully saturated rings. The molecular formula is C29H27N7O. The summed E-state index contributed by atoms with van der Waals surface area (Å²) in [5.41, 5.74) is 13.2. The lowest BCUT2D eigenvalue weighted by Crippen LogP contribution is -2.18. The second-order valence-electron chi connectivity index (χ2n) is 9.10. The number of H-pyrrole nitrogens is 1. The molecule has 2 aromatic heterocycles. The van der Waals surface area contributed by atoms with Gasteiger partial charge in [-0.15, -0.1) is 0 Å². The summed E-state index contributed by atoms with van der Waals surface area (Å²) in [6.07, 6.45) is 3.94. The number of aryl methyl sites for hydroxylation is 1. The van der Waals surface area contributed by atoms with E-state index in [0.717, 1.165) is 42.0 Å². The molecule has 8 nitrogen and oxygen atoms in total. The van der Waals surface area contributed by atoms with Crippen LogP contribution in [-0.2, 0) is 13.0 Å². The van der Waals surface area contributed by atoms with E-state index >= 15 is 0 Å². The quantitative estimate of drug-likeness (QED) is 0.296. The van der Waals surface area contributed by atoms with Gasteiger partial charge in [0.2, 0.25) is 0 Å². The fourth-order valence-corrected chi connectivity index (χ4v) is 4.82. The Balaban J connectivity index is 1.23. The van der Waals surface area contributed by atoms with Gasteiger partial charge in [0.25, 0.3) is 0 Å². The molecular weight excluding hydrogens is 462 g/mol. The molecule has 4 N–H and O–H groups in total. The summed E-state index contributed by atoms with van der Waals surface area (Å²) in [5, 5.41) is 11.0. The maximum absolute atomic E-state index is 6.19. The van der Waals surface area contributed by atoms with E-state index in [0.29, 0.717) is 23.4 Å². The van der Waals surface area contributed by atoms with Gasteiger partial charge in [0.1, 0.15) is 11.4 Å². The molecule has 0 saturated heterocycles. The molecule has 2 heterocycles. The van der Waals surface area contributed by atoms with Gasteiger partial charge in [0, 0.05) is 23.7 Å². The van der Waals surface area contributed by atoms with Gasteiger partial charge in [-0.25, -0.2) is 15.0 Å². The first-order chi connectivity index (χ1) is 18.2. The molecule has 1 unspecified atom stereocenters. The van der Waals surface area contributed by atoms with E-state index in [9.17, 15) is 0 Å². The minimum Gasteiger partial charge on any atom is -0.497 e. The molecule has 0 radical (unpaired) electrons. The monoisotopic (exact) mass is 489 g/mol. The number of methoxy groups -OCH3 is 1. The van der Waals surface area contributed by atoms with Crippen LogP contribution >= 0.6 is 0 Å². The number of fused-ring (bicyclic) bond motifs is 1. The number of nitrogens with zero attached hydrogens (tertiary/aromatic N) is 4. The lowest BCUT2D eigenvalue weighted by molar-refractivity contribution is 0.415. The van der Waals surface area contributed by atoms with E-state index in [1.54, 1.807) is 13.3 Å². The molecule has 1 aliphatic carbocycles. The number of anilines is 1. The van der Waals surface area contributed by atoms with E-state index in [4.69, 9.17) is 15.5 Å². The van der Waals surface area contributed by atoms with Crippen molar-refractivity contribution in [2.24, 2.45) is 0 Å². The second kappa shape index (κ2) is 9.83. The van der Waals surface area contributed by atoms with Crippen LogP contribution in [0, 0.1) is 0 Å². The topological polar surface area (TPSA) is 115 Å². The number of hydrogen-bond acceptors (Lipinski definition) is 7. The van der Waals surface area contributed by atoms with Gasteiger partial charge in [0.05, 0.1) is 19.0 Å². The van der Waals surface area contributed by atoms with Crippen molar-refractivity contribution in [1.82, 2.24) is 30.5 Å². The maximum Gasteiger partial charge on any atom is 0.181 e. The van der Waals surface area contributed by atoms with Gasteiger partial charge in [-0.05, 0) is 47.7 Å². The molecule has 0 saturated carbocycles. The van der Waals surface area contributed by atoms with Crippen LogP contribution in [0.15, 0.2) is 79.0 Å². The van der Waals surface area contributed by atoms with E-state index in [-0.39, 0.29) is 5.82 Å². The van der Waals surface area contributed by atoms with Crippen molar-refractivity contribution in [3.8, 4) is 39.9 Å². The normalized spacial score (nSPS) is 14.5. The maximum atomic E-state index is 6.19. The van der Waals surface area contributed by atoms with Gasteiger partial charge in [-0.1, -0.05) is 54.6 Å². The van der Waals surface area contributed by atoms with Crippen LogP contribution in [0.3, 0.4) is 0 Å². The molecule has 8 heteroatoms. The van der Waals surface area contributed by atoms with Crippen molar-refractivity contribution in [2.75, 3.05) is 12.8 Å². The van der Waals surface area contributed by atoms with Crippen molar-refractivity contribution in [3.05, 3.63) is 95.7 Å². The molecule has 6 rings (SSSR count). The van der Waals surface area contributed by atoms with Gasteiger partial charge < -0.3 is 15.8 Å². The Hall–Kier alpha value is -4.56. The van der Waals surface area contributed by atoms with E-state index in [1.165, 1.54) is 16.7 Å². The summed E-state index contributed by atoms with van der Waals surface area (Å²) in [4.78, 5) is 13.8. The summed E-state index contributed by atoms with van der Waals surface area (Å²) < 4.78 is 5.31. The molecule has 5 aromatic rings. The Morgan fingerprint density at radius 1 is 1.00 bits per heavy atom. The third-order valence-corrected chi connectivity index (χ3v) is 6.75. The Kier molecular flexibility index (Phi) is 6.08. The van der Waals surface area contributed by atoms with Crippen molar-refractivity contribution in [1.29, 1.82) is 0 Å². The molecule has 37 heavy (non-hydrogen) atoms. The first kappa shape index (κ1) is 22.9. The zero-order valence-corrected chi connectivity index (χ0v) is 20.5. The molecule has 0 bridgehead atoms. The van der Waals surface area contributed by atoms with Gasteiger partial charge in [0.15, 0.2) is 17.5 Å². The van der Waals surface area contributed by atoms with E-state index in [2.05, 4.69) is 61.9 Å². The average Bonchev–Trinajstić information content (AvgIpc) is 3.60. The zero-order valence-electron chi connectivity index (χ0n) is 20.5. The van der Waals surface area contributed by atoms with Gasteiger partial charge in [-0.2, -0.15) is 5.10 Å². The average molecular weight is 490 g/mol. The SMILES string of the molecule is COc1cccc(-c2n[nH]c(-c3nc(-c4cccc(CNC5CCc6ccccc65)c4)cnc3N)n2)c1. The Morgan fingerprint density at radius 3 is 2.78 bits per heavy atom. The van der Waals surface area contributed by atoms with Crippen LogP contribution in [0.1, 0.15) is 29.2 Å². The van der Waals surface area contributed by atoms with Crippen LogP contribution in [0.4, 0.5) is 5.82 Å². The molecule has 1 aliphatic rings. The number of rotatable bonds is 7. The predicted molar refractivity (Wildman–Crippen MR) is 144 cm³/mol. The number of hydrogen-bond donors (Lipinski definition) is 3. The van der Waals surface area contributed by atoms with Crippen LogP contribution in [-0.4, -0.2) is 32.3 Å². The lowest BCUT2D eigenvalue weighted by atomic mass is 10.1. The number of aromatic nitrogens is 5. The number of ether oxygens (including phenoxy) is 1. The molecule has 0 spiro atoms. The highest BCUT2D eigenvalue weighted by atomic mass is 16.5. The van der Waals surface area contributed by atoms with Gasteiger partial charge in [-0.3, -0.25) is 5.10 Å². The van der Waals surface area contributed by atoms with E-state index in [1.807, 2.05) is 36.4 Å². The van der Waals surface area contributed by atoms with Gasteiger partial charge >= 0.3 is 0 Å². The lowest BCUT2D eigenvalue weighted by Gasteiger charge is -2.14. The van der Waals surface area contributed by atoms with Crippen LogP contribution < -0.4 is 15.8 Å². The number of nitrogens with one attached hydrogen (secondary N) is 2. The summed E-state index contributed by atoms with van der Waals surface area (Å²) in [7, 11) is 1.63. The number of aromatic amines is 1. The van der Waals surface area contributed by atoms with E-state index < -0.39 is 0 Å². The van der Waals surface area contributed by atoms with Crippen LogP contribution in [0.2, 0.25) is 0 Å². The van der Waals surface area contributed by atoms with Crippen LogP contribution in [0.25, 0.3) is 34.2 Å². The Labute approximate surface area is 215 Å². The summed E-state index contributed by atoms with van der Waals surface area (Å²) >= 11 is 0. The molecule has 1 atom stereocenters. The highest BCUT2D eigenvalue weighted by Crippen LogP contribution is 2.31. The summed E-state index contributed by atoms with van der Waals surface area (Å²) in [5.74, 6) is 2.01. The molecule has 0 amide bonds. The number of nitrogen functional groups attached to an aromatic ring is 1. The minimum absolute atomic E-state index is 0.287. The van der Waals surface area contributed by atoms with Crippen molar-refractivity contribution < 1.29 is 4.74 Å². The first-order valence-electron chi connectivity index (χ1n) is 12.3. The first-order valence-corrected chi connectivity index (χ1v) is 12.3. The third-order valence-electron chi connectivity index (χ3n) is 6.75.